The highest BCUT2D eigenvalue weighted by Gasteiger charge is 2.40. The number of aromatic carboxylic acids is 1. The molecule has 1 unspecified atom stereocenters. The number of nitrogens with one attached hydrogen (secondary N) is 1. The molecule has 0 aromatic heterocycles. The molecule has 2 aromatic carbocycles. The molecule has 1 heterocycles. The summed E-state index contributed by atoms with van der Waals surface area (Å²) in [5.74, 6) is -0.875. The van der Waals surface area contributed by atoms with Crippen molar-refractivity contribution in [3.63, 3.8) is 0 Å². The number of hydrogen-bond donors (Lipinski definition) is 2. The zero-order valence-corrected chi connectivity index (χ0v) is 14.8. The van der Waals surface area contributed by atoms with Gasteiger partial charge in [0.05, 0.1) is 5.56 Å². The SMILES string of the molecule is CC1(C)CC(C(C)(C)c2ccccc2)Nc2ccc(C(=O)O)cc21. The van der Waals surface area contributed by atoms with Crippen molar-refractivity contribution in [2.24, 2.45) is 0 Å². The van der Waals surface area contributed by atoms with Crippen LogP contribution in [-0.2, 0) is 10.8 Å². The lowest BCUT2D eigenvalue weighted by Crippen LogP contribution is -2.47. The fraction of sp³-hybridized carbons (Fsp3) is 0.381. The zero-order valence-electron chi connectivity index (χ0n) is 14.8. The van der Waals surface area contributed by atoms with Gasteiger partial charge in [-0.3, -0.25) is 0 Å². The summed E-state index contributed by atoms with van der Waals surface area (Å²) in [6.45, 7) is 8.94. The Labute approximate surface area is 143 Å². The van der Waals surface area contributed by atoms with Crippen molar-refractivity contribution in [3.8, 4) is 0 Å². The van der Waals surface area contributed by atoms with Crippen LogP contribution in [0.5, 0.6) is 0 Å². The molecular formula is C21H25NO2. The van der Waals surface area contributed by atoms with Crippen LogP contribution in [0.15, 0.2) is 48.5 Å². The number of carboxylic acid groups (broad SMARTS) is 1. The van der Waals surface area contributed by atoms with E-state index < -0.39 is 5.97 Å². The molecule has 3 nitrogen and oxygen atoms in total. The van der Waals surface area contributed by atoms with E-state index in [1.807, 2.05) is 18.2 Å². The number of carboxylic acids is 1. The smallest absolute Gasteiger partial charge is 0.335 e. The van der Waals surface area contributed by atoms with Gasteiger partial charge in [-0.05, 0) is 41.2 Å². The molecule has 1 atom stereocenters. The molecule has 126 valence electrons. The summed E-state index contributed by atoms with van der Waals surface area (Å²) in [7, 11) is 0. The average molecular weight is 323 g/mol. The molecule has 2 N–H and O–H groups in total. The van der Waals surface area contributed by atoms with Crippen molar-refractivity contribution in [2.45, 2.75) is 51.0 Å². The minimum absolute atomic E-state index is 0.0261. The van der Waals surface area contributed by atoms with Gasteiger partial charge in [-0.25, -0.2) is 4.79 Å². The summed E-state index contributed by atoms with van der Waals surface area (Å²) in [5, 5.41) is 12.9. The predicted octanol–water partition coefficient (Wildman–Crippen LogP) is 4.82. The van der Waals surface area contributed by atoms with Crippen molar-refractivity contribution >= 4 is 11.7 Å². The highest BCUT2D eigenvalue weighted by atomic mass is 16.4. The van der Waals surface area contributed by atoms with Crippen LogP contribution < -0.4 is 5.32 Å². The highest BCUT2D eigenvalue weighted by molar-refractivity contribution is 5.89. The maximum Gasteiger partial charge on any atom is 0.335 e. The Balaban J connectivity index is 2.00. The van der Waals surface area contributed by atoms with Gasteiger partial charge in [0.1, 0.15) is 0 Å². The number of benzene rings is 2. The van der Waals surface area contributed by atoms with Crippen LogP contribution in [0.4, 0.5) is 5.69 Å². The maximum atomic E-state index is 11.3. The third-order valence-corrected chi connectivity index (χ3v) is 5.43. The number of carbonyl (C=O) groups is 1. The van der Waals surface area contributed by atoms with Gasteiger partial charge in [0.15, 0.2) is 0 Å². The van der Waals surface area contributed by atoms with Gasteiger partial charge in [-0.1, -0.05) is 58.0 Å². The quantitative estimate of drug-likeness (QED) is 0.851. The van der Waals surface area contributed by atoms with Crippen LogP contribution in [0.3, 0.4) is 0 Å². The molecule has 3 rings (SSSR count). The molecule has 0 aliphatic carbocycles. The maximum absolute atomic E-state index is 11.3. The second kappa shape index (κ2) is 5.66. The summed E-state index contributed by atoms with van der Waals surface area (Å²) in [6.07, 6.45) is 0.949. The lowest BCUT2D eigenvalue weighted by atomic mass is 9.66. The molecule has 0 fully saturated rings. The van der Waals surface area contributed by atoms with Crippen molar-refractivity contribution in [2.75, 3.05) is 5.32 Å². The van der Waals surface area contributed by atoms with Crippen molar-refractivity contribution in [1.29, 1.82) is 0 Å². The first-order valence-electron chi connectivity index (χ1n) is 8.42. The van der Waals surface area contributed by atoms with E-state index in [2.05, 4.69) is 57.3 Å². The third-order valence-electron chi connectivity index (χ3n) is 5.43. The van der Waals surface area contributed by atoms with Crippen LogP contribution in [0, 0.1) is 0 Å². The van der Waals surface area contributed by atoms with Crippen LogP contribution in [0.2, 0.25) is 0 Å². The minimum atomic E-state index is -0.875. The lowest BCUT2D eigenvalue weighted by Gasteiger charge is -2.46. The zero-order chi connectivity index (χ0) is 17.5. The fourth-order valence-corrected chi connectivity index (χ4v) is 3.73. The predicted molar refractivity (Wildman–Crippen MR) is 97.9 cm³/mol. The highest BCUT2D eigenvalue weighted by Crippen LogP contribution is 2.44. The number of anilines is 1. The summed E-state index contributed by atoms with van der Waals surface area (Å²) in [6, 6.07) is 16.2. The molecule has 0 spiro atoms. The van der Waals surface area contributed by atoms with E-state index in [1.54, 1.807) is 6.07 Å². The van der Waals surface area contributed by atoms with Crippen molar-refractivity contribution in [1.82, 2.24) is 0 Å². The van der Waals surface area contributed by atoms with E-state index in [9.17, 15) is 9.90 Å². The van der Waals surface area contributed by atoms with Crippen LogP contribution in [0.1, 0.15) is 55.6 Å². The Kier molecular flexibility index (Phi) is 3.90. The Morgan fingerprint density at radius 2 is 1.83 bits per heavy atom. The molecular weight excluding hydrogens is 298 g/mol. The summed E-state index contributed by atoms with van der Waals surface area (Å²) in [5.41, 5.74) is 3.69. The minimum Gasteiger partial charge on any atom is -0.478 e. The molecule has 0 saturated carbocycles. The van der Waals surface area contributed by atoms with E-state index in [4.69, 9.17) is 0 Å². The summed E-state index contributed by atoms with van der Waals surface area (Å²) < 4.78 is 0. The van der Waals surface area contributed by atoms with Gasteiger partial charge >= 0.3 is 5.97 Å². The molecule has 1 aliphatic rings. The van der Waals surface area contributed by atoms with E-state index in [0.717, 1.165) is 17.7 Å². The van der Waals surface area contributed by atoms with E-state index >= 15 is 0 Å². The molecule has 0 radical (unpaired) electrons. The van der Waals surface area contributed by atoms with Gasteiger partial charge in [-0.2, -0.15) is 0 Å². The summed E-state index contributed by atoms with van der Waals surface area (Å²) in [4.78, 5) is 11.3. The molecule has 0 saturated heterocycles. The van der Waals surface area contributed by atoms with Crippen LogP contribution in [-0.4, -0.2) is 17.1 Å². The monoisotopic (exact) mass is 323 g/mol. The van der Waals surface area contributed by atoms with Gasteiger partial charge < -0.3 is 10.4 Å². The second-order valence-corrected chi connectivity index (χ2v) is 7.94. The van der Waals surface area contributed by atoms with Gasteiger partial charge in [0, 0.05) is 17.1 Å². The van der Waals surface area contributed by atoms with E-state index in [-0.39, 0.29) is 16.9 Å². The first kappa shape index (κ1) is 16.6. The third kappa shape index (κ3) is 2.79. The average Bonchev–Trinajstić information content (AvgIpc) is 2.54. The number of fused-ring (bicyclic) bond motifs is 1. The number of rotatable bonds is 3. The topological polar surface area (TPSA) is 49.3 Å². The van der Waals surface area contributed by atoms with Crippen LogP contribution >= 0.6 is 0 Å². The van der Waals surface area contributed by atoms with Gasteiger partial charge in [-0.15, -0.1) is 0 Å². The summed E-state index contributed by atoms with van der Waals surface area (Å²) >= 11 is 0. The fourth-order valence-electron chi connectivity index (χ4n) is 3.73. The van der Waals surface area contributed by atoms with Crippen molar-refractivity contribution < 1.29 is 9.90 Å². The molecule has 0 amide bonds. The first-order valence-corrected chi connectivity index (χ1v) is 8.42. The largest absolute Gasteiger partial charge is 0.478 e. The standard InChI is InChI=1S/C21H25NO2/c1-20(2)13-18(21(3,4)15-8-6-5-7-9-15)22-17-11-10-14(19(23)24)12-16(17)20/h5-12,18,22H,13H2,1-4H3,(H,23,24). The number of hydrogen-bond acceptors (Lipinski definition) is 2. The Bertz CT molecular complexity index is 763. The van der Waals surface area contributed by atoms with Crippen LogP contribution in [0.25, 0.3) is 0 Å². The van der Waals surface area contributed by atoms with Gasteiger partial charge in [0.25, 0.3) is 0 Å². The lowest BCUT2D eigenvalue weighted by molar-refractivity contribution is 0.0696. The van der Waals surface area contributed by atoms with E-state index in [1.165, 1.54) is 5.56 Å². The van der Waals surface area contributed by atoms with Gasteiger partial charge in [0.2, 0.25) is 0 Å². The molecule has 0 bridgehead atoms. The molecule has 24 heavy (non-hydrogen) atoms. The molecule has 3 heteroatoms. The Morgan fingerprint density at radius 3 is 2.46 bits per heavy atom. The Morgan fingerprint density at radius 1 is 1.17 bits per heavy atom. The first-order chi connectivity index (χ1) is 11.2. The second-order valence-electron chi connectivity index (χ2n) is 7.94. The van der Waals surface area contributed by atoms with E-state index in [0.29, 0.717) is 5.56 Å². The molecule has 1 aliphatic heterocycles. The molecule has 2 aromatic rings. The van der Waals surface area contributed by atoms with Crippen molar-refractivity contribution in [3.05, 3.63) is 65.2 Å². The normalized spacial score (nSPS) is 19.2. The Hall–Kier alpha value is -2.29.